The number of nitrogens with zero attached hydrogens (tertiary/aromatic N) is 3. The van der Waals surface area contributed by atoms with Gasteiger partial charge in [-0.05, 0) is 31.2 Å². The van der Waals surface area contributed by atoms with Gasteiger partial charge in [-0.15, -0.1) is 10.2 Å². The molecule has 1 amide bonds. The number of aromatic amines is 1. The van der Waals surface area contributed by atoms with E-state index in [9.17, 15) is 4.79 Å². The Hall–Kier alpha value is -2.36. The van der Waals surface area contributed by atoms with Crippen molar-refractivity contribution >= 4 is 28.6 Å². The maximum absolute atomic E-state index is 12.3. The normalized spacial score (nSPS) is 16.2. The van der Waals surface area contributed by atoms with Crippen LogP contribution in [-0.4, -0.2) is 63.9 Å². The smallest absolute Gasteiger partial charge is 0.230 e. The largest absolute Gasteiger partial charge is 0.380 e. The fourth-order valence-corrected chi connectivity index (χ4v) is 4.65. The Labute approximate surface area is 198 Å². The van der Waals surface area contributed by atoms with E-state index in [4.69, 9.17) is 9.47 Å². The van der Waals surface area contributed by atoms with Gasteiger partial charge in [0.05, 0.1) is 25.0 Å². The predicted octanol–water partition coefficient (Wildman–Crippen LogP) is 3.88. The van der Waals surface area contributed by atoms with Crippen LogP contribution >= 0.6 is 11.8 Å². The second kappa shape index (κ2) is 11.7. The molecule has 8 nitrogen and oxygen atoms in total. The molecule has 1 fully saturated rings. The summed E-state index contributed by atoms with van der Waals surface area (Å²) in [6.07, 6.45) is 5.23. The highest BCUT2D eigenvalue weighted by molar-refractivity contribution is 7.99. The van der Waals surface area contributed by atoms with E-state index in [1.54, 1.807) is 0 Å². The summed E-state index contributed by atoms with van der Waals surface area (Å²) in [7, 11) is 0. The number of ether oxygens (including phenoxy) is 2. The zero-order valence-corrected chi connectivity index (χ0v) is 20.2. The van der Waals surface area contributed by atoms with Crippen LogP contribution in [0.2, 0.25) is 0 Å². The predicted molar refractivity (Wildman–Crippen MR) is 130 cm³/mol. The van der Waals surface area contributed by atoms with Crippen molar-refractivity contribution in [2.45, 2.75) is 50.9 Å². The van der Waals surface area contributed by atoms with Crippen LogP contribution in [0.3, 0.4) is 0 Å². The second-order valence-corrected chi connectivity index (χ2v) is 9.68. The number of rotatable bonds is 12. The SMILES string of the molecule is CC(C)CCOCCNC(=O)CSc1nnc(-c2c[nH]c3ccccc23)n1CC1CCCO1. The molecule has 1 saturated heterocycles. The average Bonchev–Trinajstić information content (AvgIpc) is 3.55. The number of fused-ring (bicyclic) bond motifs is 1. The number of hydrogen-bond acceptors (Lipinski definition) is 6. The average molecular weight is 472 g/mol. The Morgan fingerprint density at radius 2 is 2.21 bits per heavy atom. The summed E-state index contributed by atoms with van der Waals surface area (Å²) in [4.78, 5) is 15.7. The minimum Gasteiger partial charge on any atom is -0.380 e. The molecule has 1 unspecified atom stereocenters. The minimum absolute atomic E-state index is 0.0345. The third-order valence-corrected chi connectivity index (χ3v) is 6.66. The lowest BCUT2D eigenvalue weighted by molar-refractivity contribution is -0.118. The summed E-state index contributed by atoms with van der Waals surface area (Å²) in [6.45, 7) is 7.58. The maximum atomic E-state index is 12.3. The number of hydrogen-bond donors (Lipinski definition) is 2. The fraction of sp³-hybridized carbons (Fsp3) is 0.542. The van der Waals surface area contributed by atoms with Crippen LogP contribution in [0.1, 0.15) is 33.1 Å². The number of H-pyrrole nitrogens is 1. The zero-order chi connectivity index (χ0) is 23.0. The van der Waals surface area contributed by atoms with Crippen LogP contribution in [0.25, 0.3) is 22.3 Å². The number of carbonyl (C=O) groups excluding carboxylic acids is 1. The zero-order valence-electron chi connectivity index (χ0n) is 19.4. The van der Waals surface area contributed by atoms with Crippen molar-refractivity contribution in [3.05, 3.63) is 30.5 Å². The highest BCUT2D eigenvalue weighted by atomic mass is 32.2. The van der Waals surface area contributed by atoms with Gasteiger partial charge in [-0.3, -0.25) is 9.36 Å². The first-order chi connectivity index (χ1) is 16.1. The van der Waals surface area contributed by atoms with E-state index >= 15 is 0 Å². The summed E-state index contributed by atoms with van der Waals surface area (Å²) in [5.41, 5.74) is 2.06. The Balaban J connectivity index is 1.40. The van der Waals surface area contributed by atoms with Crippen molar-refractivity contribution in [1.29, 1.82) is 0 Å². The quantitative estimate of drug-likeness (QED) is 0.308. The standard InChI is InChI=1S/C24H33N5O3S/c1-17(2)9-12-31-13-10-25-22(30)16-33-24-28-27-23(29(24)15-18-6-5-11-32-18)20-14-26-21-8-4-3-7-19(20)21/h3-4,7-8,14,17-18,26H,5-6,9-13,15-16H2,1-2H3,(H,25,30). The first kappa shape index (κ1) is 23.8. The lowest BCUT2D eigenvalue weighted by Crippen LogP contribution is -2.29. The van der Waals surface area contributed by atoms with Gasteiger partial charge in [0, 0.05) is 42.4 Å². The van der Waals surface area contributed by atoms with Gasteiger partial charge < -0.3 is 19.8 Å². The molecule has 4 rings (SSSR count). The van der Waals surface area contributed by atoms with Crippen LogP contribution in [-0.2, 0) is 20.8 Å². The first-order valence-electron chi connectivity index (χ1n) is 11.7. The van der Waals surface area contributed by atoms with E-state index in [1.807, 2.05) is 24.4 Å². The van der Waals surface area contributed by atoms with Gasteiger partial charge in [-0.25, -0.2) is 0 Å². The molecule has 0 aliphatic carbocycles. The number of para-hydroxylation sites is 1. The summed E-state index contributed by atoms with van der Waals surface area (Å²) >= 11 is 1.40. The van der Waals surface area contributed by atoms with E-state index < -0.39 is 0 Å². The molecule has 2 N–H and O–H groups in total. The van der Waals surface area contributed by atoms with Crippen molar-refractivity contribution in [3.63, 3.8) is 0 Å². The Morgan fingerprint density at radius 1 is 1.33 bits per heavy atom. The number of amides is 1. The summed E-state index contributed by atoms with van der Waals surface area (Å²) in [5, 5.41) is 13.7. The molecule has 1 aliphatic heterocycles. The molecule has 2 aromatic heterocycles. The first-order valence-corrected chi connectivity index (χ1v) is 12.7. The van der Waals surface area contributed by atoms with Crippen LogP contribution in [0.5, 0.6) is 0 Å². The summed E-state index contributed by atoms with van der Waals surface area (Å²) < 4.78 is 13.5. The minimum atomic E-state index is -0.0345. The molecule has 0 saturated carbocycles. The number of nitrogens with one attached hydrogen (secondary N) is 2. The van der Waals surface area contributed by atoms with E-state index in [2.05, 4.69) is 45.0 Å². The molecule has 9 heteroatoms. The van der Waals surface area contributed by atoms with Crippen LogP contribution in [0.4, 0.5) is 0 Å². The topological polar surface area (TPSA) is 94.1 Å². The highest BCUT2D eigenvalue weighted by Gasteiger charge is 2.23. The van der Waals surface area contributed by atoms with E-state index in [0.717, 1.165) is 59.9 Å². The lowest BCUT2D eigenvalue weighted by atomic mass is 10.1. The van der Waals surface area contributed by atoms with Crippen LogP contribution in [0, 0.1) is 5.92 Å². The molecule has 33 heavy (non-hydrogen) atoms. The molecule has 1 aromatic carbocycles. The lowest BCUT2D eigenvalue weighted by Gasteiger charge is -2.14. The molecule has 0 bridgehead atoms. The maximum Gasteiger partial charge on any atom is 0.230 e. The molecule has 0 spiro atoms. The van der Waals surface area contributed by atoms with Crippen molar-refractivity contribution in [3.8, 4) is 11.4 Å². The Morgan fingerprint density at radius 3 is 3.03 bits per heavy atom. The van der Waals surface area contributed by atoms with Gasteiger partial charge in [-0.2, -0.15) is 0 Å². The monoisotopic (exact) mass is 471 g/mol. The summed E-state index contributed by atoms with van der Waals surface area (Å²) in [6, 6.07) is 8.16. The Kier molecular flexibility index (Phi) is 8.41. The molecule has 178 valence electrons. The van der Waals surface area contributed by atoms with Gasteiger partial charge in [0.25, 0.3) is 0 Å². The number of thioether (sulfide) groups is 1. The van der Waals surface area contributed by atoms with Gasteiger partial charge in [0.15, 0.2) is 11.0 Å². The molecule has 3 heterocycles. The molecular weight excluding hydrogens is 438 g/mol. The number of benzene rings is 1. The molecule has 1 atom stereocenters. The van der Waals surface area contributed by atoms with E-state index in [0.29, 0.717) is 25.6 Å². The van der Waals surface area contributed by atoms with Gasteiger partial charge in [0.1, 0.15) is 0 Å². The van der Waals surface area contributed by atoms with Crippen molar-refractivity contribution in [2.75, 3.05) is 32.1 Å². The van der Waals surface area contributed by atoms with E-state index in [1.165, 1.54) is 11.8 Å². The van der Waals surface area contributed by atoms with Crippen LogP contribution in [0.15, 0.2) is 35.6 Å². The number of carbonyl (C=O) groups is 1. The van der Waals surface area contributed by atoms with Gasteiger partial charge in [0.2, 0.25) is 5.91 Å². The van der Waals surface area contributed by atoms with E-state index in [-0.39, 0.29) is 17.8 Å². The van der Waals surface area contributed by atoms with Crippen molar-refractivity contribution in [2.24, 2.45) is 5.92 Å². The van der Waals surface area contributed by atoms with Crippen LogP contribution < -0.4 is 5.32 Å². The number of aromatic nitrogens is 4. The molecule has 0 radical (unpaired) electrons. The third kappa shape index (κ3) is 6.37. The van der Waals surface area contributed by atoms with Gasteiger partial charge in [-0.1, -0.05) is 43.8 Å². The van der Waals surface area contributed by atoms with Crippen molar-refractivity contribution < 1.29 is 14.3 Å². The highest BCUT2D eigenvalue weighted by Crippen LogP contribution is 2.31. The fourth-order valence-electron chi connectivity index (χ4n) is 3.87. The summed E-state index contributed by atoms with van der Waals surface area (Å²) in [5.74, 6) is 1.66. The van der Waals surface area contributed by atoms with Crippen molar-refractivity contribution in [1.82, 2.24) is 25.1 Å². The molecular formula is C24H33N5O3S. The second-order valence-electron chi connectivity index (χ2n) is 8.73. The third-order valence-electron chi connectivity index (χ3n) is 5.70. The molecule has 3 aromatic rings. The molecule has 1 aliphatic rings. The Bertz CT molecular complexity index is 1040. The van der Waals surface area contributed by atoms with Gasteiger partial charge >= 0.3 is 0 Å².